The van der Waals surface area contributed by atoms with Gasteiger partial charge in [-0.3, -0.25) is 4.79 Å². The molecule has 0 saturated carbocycles. The molecule has 0 radical (unpaired) electrons. The maximum Gasteiger partial charge on any atom is 0.329 e. The number of unbranched alkanes of at least 4 members (excludes halogenated alkanes) is 3. The Balaban J connectivity index is 2.16. The third-order valence-corrected chi connectivity index (χ3v) is 3.19. The molecule has 1 amide bonds. The molecular formula is C13H23NO4. The standard InChI is InChI=1S/C13H23NO4/c1-3-4-5-6-7-11(15)14-9-13(2,10-14)18-8-12(16)17/h3-10H2,1-2H3,(H,16,17). The van der Waals surface area contributed by atoms with Crippen LogP contribution >= 0.6 is 0 Å². The van der Waals surface area contributed by atoms with Gasteiger partial charge in [0.05, 0.1) is 13.1 Å². The molecule has 0 unspecified atom stereocenters. The van der Waals surface area contributed by atoms with Crippen molar-refractivity contribution in [2.75, 3.05) is 19.7 Å². The SMILES string of the molecule is CCCCCCC(=O)N1CC(C)(OCC(=O)O)C1. The number of ether oxygens (including phenoxy) is 1. The molecule has 1 aliphatic rings. The van der Waals surface area contributed by atoms with Gasteiger partial charge in [-0.2, -0.15) is 0 Å². The molecule has 104 valence electrons. The Morgan fingerprint density at radius 2 is 1.94 bits per heavy atom. The average Bonchev–Trinajstić information content (AvgIpc) is 2.28. The number of hydrogen-bond donors (Lipinski definition) is 1. The zero-order valence-corrected chi connectivity index (χ0v) is 11.3. The lowest BCUT2D eigenvalue weighted by Crippen LogP contribution is -2.63. The lowest BCUT2D eigenvalue weighted by atomic mass is 9.95. The Bertz CT molecular complexity index is 297. The van der Waals surface area contributed by atoms with Crippen LogP contribution in [-0.2, 0) is 14.3 Å². The molecule has 1 N–H and O–H groups in total. The number of carbonyl (C=O) groups is 2. The van der Waals surface area contributed by atoms with Crippen molar-refractivity contribution in [1.29, 1.82) is 0 Å². The Hall–Kier alpha value is -1.10. The van der Waals surface area contributed by atoms with Gasteiger partial charge in [0.1, 0.15) is 12.2 Å². The van der Waals surface area contributed by atoms with Crippen molar-refractivity contribution < 1.29 is 19.4 Å². The van der Waals surface area contributed by atoms with Crippen molar-refractivity contribution in [2.24, 2.45) is 0 Å². The van der Waals surface area contributed by atoms with E-state index < -0.39 is 11.6 Å². The summed E-state index contributed by atoms with van der Waals surface area (Å²) < 4.78 is 5.26. The number of likely N-dealkylation sites (tertiary alicyclic amines) is 1. The van der Waals surface area contributed by atoms with Crippen LogP contribution < -0.4 is 0 Å². The summed E-state index contributed by atoms with van der Waals surface area (Å²) in [6.07, 6.45) is 4.97. The van der Waals surface area contributed by atoms with Crippen LogP contribution in [0.4, 0.5) is 0 Å². The topological polar surface area (TPSA) is 66.8 Å². The number of carbonyl (C=O) groups excluding carboxylic acids is 1. The summed E-state index contributed by atoms with van der Waals surface area (Å²) in [7, 11) is 0. The zero-order chi connectivity index (χ0) is 13.6. The summed E-state index contributed by atoms with van der Waals surface area (Å²) in [4.78, 5) is 23.9. The molecule has 0 spiro atoms. The van der Waals surface area contributed by atoms with E-state index in [-0.39, 0.29) is 12.5 Å². The largest absolute Gasteiger partial charge is 0.480 e. The van der Waals surface area contributed by atoms with Crippen LogP contribution in [0, 0.1) is 0 Å². The molecule has 18 heavy (non-hydrogen) atoms. The molecule has 0 aliphatic carbocycles. The Morgan fingerprint density at radius 3 is 2.50 bits per heavy atom. The monoisotopic (exact) mass is 257 g/mol. The first kappa shape index (κ1) is 15.0. The van der Waals surface area contributed by atoms with E-state index in [1.165, 1.54) is 12.8 Å². The third-order valence-electron chi connectivity index (χ3n) is 3.19. The van der Waals surface area contributed by atoms with Crippen molar-refractivity contribution in [3.8, 4) is 0 Å². The Labute approximate surface area is 108 Å². The summed E-state index contributed by atoms with van der Waals surface area (Å²) in [6, 6.07) is 0. The molecule has 0 aromatic carbocycles. The minimum atomic E-state index is -0.972. The molecule has 1 aliphatic heterocycles. The van der Waals surface area contributed by atoms with E-state index in [1.54, 1.807) is 4.90 Å². The number of amides is 1. The molecule has 1 fully saturated rings. The fraction of sp³-hybridized carbons (Fsp3) is 0.846. The van der Waals surface area contributed by atoms with Crippen molar-refractivity contribution in [3.63, 3.8) is 0 Å². The summed E-state index contributed by atoms with van der Waals surface area (Å²) >= 11 is 0. The van der Waals surface area contributed by atoms with Crippen molar-refractivity contribution in [3.05, 3.63) is 0 Å². The Kier molecular flexibility index (Phi) is 5.59. The van der Waals surface area contributed by atoms with Gasteiger partial charge in [-0.1, -0.05) is 26.2 Å². The van der Waals surface area contributed by atoms with Crippen molar-refractivity contribution in [2.45, 2.75) is 51.6 Å². The van der Waals surface area contributed by atoms with Gasteiger partial charge in [-0.15, -0.1) is 0 Å². The molecule has 0 bridgehead atoms. The highest BCUT2D eigenvalue weighted by atomic mass is 16.5. The summed E-state index contributed by atoms with van der Waals surface area (Å²) in [5, 5.41) is 8.53. The van der Waals surface area contributed by atoms with Crippen molar-refractivity contribution in [1.82, 2.24) is 4.90 Å². The van der Waals surface area contributed by atoms with Crippen LogP contribution in [0.3, 0.4) is 0 Å². The Morgan fingerprint density at radius 1 is 1.28 bits per heavy atom. The molecular weight excluding hydrogens is 234 g/mol. The molecule has 1 saturated heterocycles. The number of aliphatic carboxylic acids is 1. The lowest BCUT2D eigenvalue weighted by Gasteiger charge is -2.47. The van der Waals surface area contributed by atoms with E-state index in [0.29, 0.717) is 19.5 Å². The van der Waals surface area contributed by atoms with E-state index in [1.807, 2.05) is 6.92 Å². The number of carboxylic acid groups (broad SMARTS) is 1. The first-order valence-corrected chi connectivity index (χ1v) is 6.60. The maximum atomic E-state index is 11.8. The highest BCUT2D eigenvalue weighted by Gasteiger charge is 2.42. The van der Waals surface area contributed by atoms with Gasteiger partial charge in [0.2, 0.25) is 5.91 Å². The van der Waals surface area contributed by atoms with Crippen LogP contribution in [0.15, 0.2) is 0 Å². The molecule has 5 heteroatoms. The second-order valence-corrected chi connectivity index (χ2v) is 5.19. The zero-order valence-electron chi connectivity index (χ0n) is 11.3. The minimum Gasteiger partial charge on any atom is -0.480 e. The second kappa shape index (κ2) is 6.73. The number of carboxylic acids is 1. The van der Waals surface area contributed by atoms with Gasteiger partial charge in [0, 0.05) is 6.42 Å². The highest BCUT2D eigenvalue weighted by Crippen LogP contribution is 2.25. The average molecular weight is 257 g/mol. The normalized spacial score (nSPS) is 17.3. The van der Waals surface area contributed by atoms with E-state index >= 15 is 0 Å². The first-order valence-electron chi connectivity index (χ1n) is 6.60. The quantitative estimate of drug-likeness (QED) is 0.671. The van der Waals surface area contributed by atoms with E-state index in [4.69, 9.17) is 9.84 Å². The van der Waals surface area contributed by atoms with E-state index in [9.17, 15) is 9.59 Å². The molecule has 0 atom stereocenters. The number of nitrogens with zero attached hydrogens (tertiary/aromatic N) is 1. The van der Waals surface area contributed by atoms with Gasteiger partial charge in [0.25, 0.3) is 0 Å². The summed E-state index contributed by atoms with van der Waals surface area (Å²) in [6.45, 7) is 4.70. The molecule has 1 rings (SSSR count). The smallest absolute Gasteiger partial charge is 0.329 e. The minimum absolute atomic E-state index is 0.155. The predicted octanol–water partition coefficient (Wildman–Crippen LogP) is 1.66. The van der Waals surface area contributed by atoms with Gasteiger partial charge >= 0.3 is 5.97 Å². The van der Waals surface area contributed by atoms with Crippen LogP contribution in [0.2, 0.25) is 0 Å². The van der Waals surface area contributed by atoms with Gasteiger partial charge < -0.3 is 14.7 Å². The number of hydrogen-bond acceptors (Lipinski definition) is 3. The molecule has 5 nitrogen and oxygen atoms in total. The fourth-order valence-corrected chi connectivity index (χ4v) is 2.13. The van der Waals surface area contributed by atoms with Crippen molar-refractivity contribution >= 4 is 11.9 Å². The third kappa shape index (κ3) is 4.64. The van der Waals surface area contributed by atoms with Gasteiger partial charge in [-0.25, -0.2) is 4.79 Å². The fourth-order valence-electron chi connectivity index (χ4n) is 2.13. The van der Waals surface area contributed by atoms with Crippen LogP contribution in [0.1, 0.15) is 46.0 Å². The lowest BCUT2D eigenvalue weighted by molar-refractivity contribution is -0.173. The first-order chi connectivity index (χ1) is 8.47. The van der Waals surface area contributed by atoms with Crippen LogP contribution in [0.5, 0.6) is 0 Å². The summed E-state index contributed by atoms with van der Waals surface area (Å²) in [5.41, 5.74) is -0.475. The maximum absolute atomic E-state index is 11.8. The molecule has 0 aromatic heterocycles. The molecule has 0 aromatic rings. The predicted molar refractivity (Wildman–Crippen MR) is 67.3 cm³/mol. The number of rotatable bonds is 8. The van der Waals surface area contributed by atoms with E-state index in [0.717, 1.165) is 12.8 Å². The summed E-state index contributed by atoms with van der Waals surface area (Å²) in [5.74, 6) is -0.817. The molecule has 1 heterocycles. The van der Waals surface area contributed by atoms with Gasteiger partial charge in [-0.05, 0) is 13.3 Å². The highest BCUT2D eigenvalue weighted by molar-refractivity contribution is 5.77. The second-order valence-electron chi connectivity index (χ2n) is 5.19. The van der Waals surface area contributed by atoms with Crippen LogP contribution in [-0.4, -0.2) is 47.2 Å². The van der Waals surface area contributed by atoms with E-state index in [2.05, 4.69) is 6.92 Å². The van der Waals surface area contributed by atoms with Gasteiger partial charge in [0.15, 0.2) is 0 Å². The van der Waals surface area contributed by atoms with Crippen LogP contribution in [0.25, 0.3) is 0 Å².